The molecular formula is C49H73F4N5O12. The predicted octanol–water partition coefficient (Wildman–Crippen LogP) is 6.40. The highest BCUT2D eigenvalue weighted by Crippen LogP contribution is 2.30. The lowest BCUT2D eigenvalue weighted by Gasteiger charge is -2.16. The van der Waals surface area contributed by atoms with E-state index in [4.69, 9.17) is 58.1 Å². The molecule has 0 amide bonds. The summed E-state index contributed by atoms with van der Waals surface area (Å²) in [4.78, 5) is 27.0. The van der Waals surface area contributed by atoms with Crippen LogP contribution in [0, 0.1) is 23.3 Å². The molecule has 4 rings (SSSR count). The van der Waals surface area contributed by atoms with E-state index in [2.05, 4.69) is 45.7 Å². The van der Waals surface area contributed by atoms with Crippen LogP contribution in [0.1, 0.15) is 56.8 Å². The number of carbonyl (C=O) groups excluding carboxylic acids is 1. The van der Waals surface area contributed by atoms with Crippen molar-refractivity contribution < 1.29 is 74.5 Å². The maximum Gasteiger partial charge on any atom is 0.313 e. The molecule has 394 valence electrons. The second-order valence-corrected chi connectivity index (χ2v) is 16.1. The van der Waals surface area contributed by atoms with Gasteiger partial charge >= 0.3 is 5.97 Å². The van der Waals surface area contributed by atoms with Crippen LogP contribution < -0.4 is 10.5 Å². The van der Waals surface area contributed by atoms with Gasteiger partial charge in [-0.05, 0) is 50.9 Å². The maximum absolute atomic E-state index is 13.6. The lowest BCUT2D eigenvalue weighted by molar-refractivity contribution is -0.136. The number of hydrogen-bond acceptors (Lipinski definition) is 16. The first kappa shape index (κ1) is 58.4. The Balaban J connectivity index is 0.810. The first-order valence-electron chi connectivity index (χ1n) is 24.2. The summed E-state index contributed by atoms with van der Waals surface area (Å²) in [6, 6.07) is 6.32. The van der Waals surface area contributed by atoms with Gasteiger partial charge in [-0.25, -0.2) is 18.7 Å². The number of anilines is 1. The van der Waals surface area contributed by atoms with Gasteiger partial charge in [0.2, 0.25) is 17.4 Å². The molecule has 0 spiro atoms. The van der Waals surface area contributed by atoms with E-state index in [1.807, 2.05) is 6.07 Å². The molecule has 3 N–H and O–H groups in total. The van der Waals surface area contributed by atoms with E-state index in [1.165, 1.54) is 5.56 Å². The smallest absolute Gasteiger partial charge is 0.313 e. The van der Waals surface area contributed by atoms with Crippen molar-refractivity contribution in [3.8, 4) is 5.75 Å². The van der Waals surface area contributed by atoms with Gasteiger partial charge in [-0.15, -0.1) is 0 Å². The van der Waals surface area contributed by atoms with Gasteiger partial charge in [-0.3, -0.25) is 4.79 Å². The third-order valence-electron chi connectivity index (χ3n) is 10.6. The van der Waals surface area contributed by atoms with Gasteiger partial charge in [0.05, 0.1) is 150 Å². The Labute approximate surface area is 408 Å². The number of imidazole rings is 1. The lowest BCUT2D eigenvalue weighted by atomic mass is 10.0. The Hall–Kier alpha value is -4.13. The number of H-pyrrole nitrogens is 1. The molecule has 17 nitrogen and oxygen atoms in total. The van der Waals surface area contributed by atoms with Crippen molar-refractivity contribution in [3.63, 3.8) is 0 Å². The molecule has 0 atom stereocenters. The molecule has 0 saturated heterocycles. The number of hydrogen-bond donors (Lipinski definition) is 2. The normalized spacial score (nSPS) is 11.8. The molecule has 0 fully saturated rings. The molecule has 70 heavy (non-hydrogen) atoms. The monoisotopic (exact) mass is 1000 g/mol. The van der Waals surface area contributed by atoms with Crippen LogP contribution in [0.15, 0.2) is 24.3 Å². The number of aromatic amines is 1. The summed E-state index contributed by atoms with van der Waals surface area (Å²) in [6.07, 6.45) is 7.07. The summed E-state index contributed by atoms with van der Waals surface area (Å²) < 4.78 is 113. The molecule has 0 radical (unpaired) electrons. The van der Waals surface area contributed by atoms with Crippen LogP contribution in [0.25, 0.3) is 21.9 Å². The van der Waals surface area contributed by atoms with Crippen molar-refractivity contribution >= 4 is 33.7 Å². The van der Waals surface area contributed by atoms with Gasteiger partial charge in [0, 0.05) is 24.4 Å². The number of esters is 1. The molecule has 0 unspecified atom stereocenters. The first-order chi connectivity index (χ1) is 34.2. The fourth-order valence-electron chi connectivity index (χ4n) is 6.86. The molecule has 0 aliphatic carbocycles. The number of nitrogen functional groups attached to an aromatic ring is 1. The average Bonchev–Trinajstić information content (AvgIpc) is 3.79. The van der Waals surface area contributed by atoms with Gasteiger partial charge in [0.25, 0.3) is 0 Å². The topological polar surface area (TPSA) is 189 Å². The van der Waals surface area contributed by atoms with Gasteiger partial charge < -0.3 is 67.7 Å². The maximum atomic E-state index is 13.6. The van der Waals surface area contributed by atoms with Crippen molar-refractivity contribution in [3.05, 3.63) is 58.9 Å². The number of halogens is 4. The molecule has 21 heteroatoms. The average molecular weight is 1000 g/mol. The number of pyridine rings is 1. The van der Waals surface area contributed by atoms with E-state index in [0.29, 0.717) is 118 Å². The number of aromatic nitrogens is 3. The van der Waals surface area contributed by atoms with Crippen LogP contribution >= 0.6 is 0 Å². The Kier molecular flexibility index (Phi) is 30.0. The van der Waals surface area contributed by atoms with Gasteiger partial charge in [0.1, 0.15) is 11.3 Å². The number of nitrogens with two attached hydrogens (primary N) is 1. The highest BCUT2D eigenvalue weighted by Gasteiger charge is 2.23. The number of benzene rings is 2. The number of ether oxygens (including phenoxy) is 11. The fraction of sp³-hybridized carbons (Fsp3) is 0.653. The summed E-state index contributed by atoms with van der Waals surface area (Å²) >= 11 is 0. The Morgan fingerprint density at radius 1 is 0.600 bits per heavy atom. The predicted molar refractivity (Wildman–Crippen MR) is 254 cm³/mol. The van der Waals surface area contributed by atoms with Crippen molar-refractivity contribution in [2.24, 2.45) is 0 Å². The molecule has 2 heterocycles. The quantitative estimate of drug-likeness (QED) is 0.0163. The summed E-state index contributed by atoms with van der Waals surface area (Å²) in [6.45, 7) is 12.0. The molecule has 0 saturated carbocycles. The van der Waals surface area contributed by atoms with Crippen LogP contribution in [0.3, 0.4) is 0 Å². The van der Waals surface area contributed by atoms with Crippen molar-refractivity contribution in [1.29, 1.82) is 0 Å². The number of likely N-dealkylation sites (N-methyl/N-ethyl adjacent to an activating group) is 1. The van der Waals surface area contributed by atoms with Crippen LogP contribution in [0.5, 0.6) is 5.75 Å². The van der Waals surface area contributed by atoms with Crippen LogP contribution in [-0.4, -0.2) is 178 Å². The van der Waals surface area contributed by atoms with Crippen molar-refractivity contribution in [2.45, 2.75) is 58.3 Å². The number of nitrogens with zero attached hydrogens (tertiary/aromatic N) is 3. The van der Waals surface area contributed by atoms with Gasteiger partial charge in [-0.2, -0.15) is 8.78 Å². The number of rotatable bonds is 43. The largest absolute Gasteiger partial charge is 0.420 e. The number of aryl methyl sites for hydroxylation is 2. The van der Waals surface area contributed by atoms with Crippen LogP contribution in [-0.2, 0) is 65.0 Å². The number of carbonyl (C=O) groups is 1. The number of fused-ring (bicyclic) bond motifs is 3. The zero-order valence-corrected chi connectivity index (χ0v) is 40.9. The second-order valence-electron chi connectivity index (χ2n) is 16.1. The summed E-state index contributed by atoms with van der Waals surface area (Å²) in [7, 11) is 2.13. The second kappa shape index (κ2) is 35.9. The summed E-state index contributed by atoms with van der Waals surface area (Å²) in [5.41, 5.74) is 10.3. The molecule has 4 aromatic rings. The van der Waals surface area contributed by atoms with Crippen LogP contribution in [0.4, 0.5) is 23.4 Å². The molecule has 0 aliphatic heterocycles. The van der Waals surface area contributed by atoms with Gasteiger partial charge in [0.15, 0.2) is 17.5 Å². The first-order valence-corrected chi connectivity index (χ1v) is 24.2. The Morgan fingerprint density at radius 2 is 1.09 bits per heavy atom. The molecule has 0 bridgehead atoms. The highest BCUT2D eigenvalue weighted by molar-refractivity contribution is 6.07. The minimum Gasteiger partial charge on any atom is -0.420 e. The van der Waals surface area contributed by atoms with Crippen molar-refractivity contribution in [1.82, 2.24) is 19.9 Å². The highest BCUT2D eigenvalue weighted by atomic mass is 19.2. The zero-order valence-electron chi connectivity index (χ0n) is 40.9. The van der Waals surface area contributed by atoms with E-state index in [9.17, 15) is 22.4 Å². The number of unbranched alkanes of at least 4 members (excludes halogenated alkanes) is 3. The Bertz CT molecular complexity index is 2030. The minimum absolute atomic E-state index is 0.0204. The zero-order chi connectivity index (χ0) is 50.0. The third kappa shape index (κ3) is 23.0. The molecule has 2 aromatic heterocycles. The fourth-order valence-corrected chi connectivity index (χ4v) is 6.86. The van der Waals surface area contributed by atoms with E-state index >= 15 is 0 Å². The van der Waals surface area contributed by atoms with E-state index in [1.54, 1.807) is 0 Å². The number of nitrogens with one attached hydrogen (secondary N) is 1. The molecule has 2 aromatic carbocycles. The summed E-state index contributed by atoms with van der Waals surface area (Å²) in [5.74, 6) is -8.02. The van der Waals surface area contributed by atoms with Crippen LogP contribution in [0.2, 0.25) is 0 Å². The SMILES string of the molecule is CCCCc1nc2c(N)nc3cccc(CCCCCN(C)CCOCCOCCOCCOCCOCCOCCOCCOCCOCCOCCC(=O)Oc4c(F)c(F)cc(F)c4F)c3c2[nH]1. The summed E-state index contributed by atoms with van der Waals surface area (Å²) in [5, 5.41) is 1.14. The van der Waals surface area contributed by atoms with E-state index in [0.717, 1.165) is 85.8 Å². The lowest BCUT2D eigenvalue weighted by Crippen LogP contribution is -2.25. The Morgan fingerprint density at radius 3 is 1.59 bits per heavy atom. The van der Waals surface area contributed by atoms with Crippen molar-refractivity contribution in [2.75, 3.05) is 158 Å². The molecular weight excluding hydrogens is 927 g/mol. The minimum atomic E-state index is -1.79. The van der Waals surface area contributed by atoms with Gasteiger partial charge in [-0.1, -0.05) is 31.9 Å². The standard InChI is InChI=1S/C49H73F4N5O12/c1-3-4-12-41-56-46-43-37(10-8-11-40(43)55-49(54)47(46)57-41)9-6-5-7-14-58(2)15-17-61-19-21-63-23-25-65-27-29-67-31-33-69-35-34-68-32-30-66-28-26-64-24-22-62-20-18-60-16-13-42(59)70-48-44(52)38(50)36-39(51)45(48)53/h8,10-11,36H,3-7,9,12-35H2,1-2H3,(H2,54,55)(H,56,57). The van der Waals surface area contributed by atoms with E-state index in [-0.39, 0.29) is 25.9 Å². The third-order valence-corrected chi connectivity index (χ3v) is 10.6. The molecule has 0 aliphatic rings. The van der Waals surface area contributed by atoms with E-state index < -0.39 is 41.4 Å².